The summed E-state index contributed by atoms with van der Waals surface area (Å²) in [5, 5.41) is 12.9. The SMILES string of the molecule is CCCNC1CCN(CCC(C)O)CC1C. The third-order valence-electron chi connectivity index (χ3n) is 3.51. The largest absolute Gasteiger partial charge is 0.393 e. The smallest absolute Gasteiger partial charge is 0.0524 e. The third-order valence-corrected chi connectivity index (χ3v) is 3.51. The predicted octanol–water partition coefficient (Wildman–Crippen LogP) is 1.47. The highest BCUT2D eigenvalue weighted by atomic mass is 16.3. The summed E-state index contributed by atoms with van der Waals surface area (Å²) in [7, 11) is 0. The summed E-state index contributed by atoms with van der Waals surface area (Å²) in [4.78, 5) is 2.49. The molecule has 0 bridgehead atoms. The minimum absolute atomic E-state index is 0.161. The zero-order chi connectivity index (χ0) is 12.0. The zero-order valence-corrected chi connectivity index (χ0v) is 11.1. The van der Waals surface area contributed by atoms with Crippen molar-refractivity contribution in [3.05, 3.63) is 0 Å². The van der Waals surface area contributed by atoms with Gasteiger partial charge in [-0.25, -0.2) is 0 Å². The summed E-state index contributed by atoms with van der Waals surface area (Å²) in [6.07, 6.45) is 3.21. The van der Waals surface area contributed by atoms with Crippen molar-refractivity contribution >= 4 is 0 Å². The Hall–Kier alpha value is -0.120. The standard InChI is InChI=1S/C13H28N2O/c1-4-7-14-13-6-9-15(10-11(13)2)8-5-12(3)16/h11-14,16H,4-10H2,1-3H3. The van der Waals surface area contributed by atoms with Gasteiger partial charge < -0.3 is 15.3 Å². The number of rotatable bonds is 6. The Bertz CT molecular complexity index is 185. The van der Waals surface area contributed by atoms with Crippen molar-refractivity contribution in [3.63, 3.8) is 0 Å². The second-order valence-electron chi connectivity index (χ2n) is 5.26. The molecular formula is C13H28N2O. The molecule has 96 valence electrons. The number of hydrogen-bond donors (Lipinski definition) is 2. The molecule has 1 saturated heterocycles. The van der Waals surface area contributed by atoms with E-state index >= 15 is 0 Å². The summed E-state index contributed by atoms with van der Waals surface area (Å²) in [6.45, 7) is 11.0. The van der Waals surface area contributed by atoms with Gasteiger partial charge >= 0.3 is 0 Å². The van der Waals surface area contributed by atoms with Crippen LogP contribution in [0.25, 0.3) is 0 Å². The van der Waals surface area contributed by atoms with Gasteiger partial charge in [-0.2, -0.15) is 0 Å². The molecule has 0 spiro atoms. The molecule has 3 atom stereocenters. The Morgan fingerprint density at radius 3 is 2.81 bits per heavy atom. The molecule has 3 nitrogen and oxygen atoms in total. The normalized spacial score (nSPS) is 29.2. The molecule has 3 heteroatoms. The average molecular weight is 228 g/mol. The first kappa shape index (κ1) is 13.9. The summed E-state index contributed by atoms with van der Waals surface area (Å²) in [6, 6.07) is 0.697. The van der Waals surface area contributed by atoms with Crippen molar-refractivity contribution in [3.8, 4) is 0 Å². The first-order chi connectivity index (χ1) is 7.63. The number of aliphatic hydroxyl groups is 1. The topological polar surface area (TPSA) is 35.5 Å². The molecule has 0 radical (unpaired) electrons. The van der Waals surface area contributed by atoms with E-state index in [1.807, 2.05) is 6.92 Å². The van der Waals surface area contributed by atoms with E-state index in [0.717, 1.165) is 25.4 Å². The highest BCUT2D eigenvalue weighted by molar-refractivity contribution is 4.82. The van der Waals surface area contributed by atoms with E-state index in [0.29, 0.717) is 6.04 Å². The maximum absolute atomic E-state index is 9.28. The Morgan fingerprint density at radius 2 is 2.25 bits per heavy atom. The van der Waals surface area contributed by atoms with E-state index < -0.39 is 0 Å². The predicted molar refractivity (Wildman–Crippen MR) is 68.6 cm³/mol. The monoisotopic (exact) mass is 228 g/mol. The lowest BCUT2D eigenvalue weighted by molar-refractivity contribution is 0.115. The van der Waals surface area contributed by atoms with Crippen LogP contribution in [-0.4, -0.2) is 48.3 Å². The lowest BCUT2D eigenvalue weighted by Crippen LogP contribution is -2.48. The van der Waals surface area contributed by atoms with Crippen molar-refractivity contribution in [2.75, 3.05) is 26.2 Å². The van der Waals surface area contributed by atoms with Crippen LogP contribution in [0, 0.1) is 5.92 Å². The van der Waals surface area contributed by atoms with Gasteiger partial charge in [-0.15, -0.1) is 0 Å². The van der Waals surface area contributed by atoms with Crippen LogP contribution in [0.2, 0.25) is 0 Å². The summed E-state index contributed by atoms with van der Waals surface area (Å²) < 4.78 is 0. The number of piperidine rings is 1. The van der Waals surface area contributed by atoms with E-state index in [1.54, 1.807) is 0 Å². The molecule has 1 fully saturated rings. The maximum Gasteiger partial charge on any atom is 0.0524 e. The highest BCUT2D eigenvalue weighted by Gasteiger charge is 2.25. The molecule has 1 heterocycles. The summed E-state index contributed by atoms with van der Waals surface area (Å²) >= 11 is 0. The second-order valence-corrected chi connectivity index (χ2v) is 5.26. The number of aliphatic hydroxyl groups excluding tert-OH is 1. The van der Waals surface area contributed by atoms with Crippen molar-refractivity contribution in [2.24, 2.45) is 5.92 Å². The van der Waals surface area contributed by atoms with E-state index in [9.17, 15) is 5.11 Å². The first-order valence-corrected chi connectivity index (χ1v) is 6.77. The molecule has 16 heavy (non-hydrogen) atoms. The van der Waals surface area contributed by atoms with Crippen LogP contribution in [0.3, 0.4) is 0 Å². The van der Waals surface area contributed by atoms with Crippen LogP contribution in [0.4, 0.5) is 0 Å². The van der Waals surface area contributed by atoms with Gasteiger partial charge in [0.2, 0.25) is 0 Å². The summed E-state index contributed by atoms with van der Waals surface area (Å²) in [5.74, 6) is 0.731. The van der Waals surface area contributed by atoms with E-state index in [-0.39, 0.29) is 6.10 Å². The number of hydrogen-bond acceptors (Lipinski definition) is 3. The van der Waals surface area contributed by atoms with Gasteiger partial charge in [0.25, 0.3) is 0 Å². The quantitative estimate of drug-likeness (QED) is 0.722. The fraction of sp³-hybridized carbons (Fsp3) is 1.00. The second kappa shape index (κ2) is 7.25. The van der Waals surface area contributed by atoms with Gasteiger partial charge in [-0.3, -0.25) is 0 Å². The fourth-order valence-corrected chi connectivity index (χ4v) is 2.44. The van der Waals surface area contributed by atoms with Crippen LogP contribution >= 0.6 is 0 Å². The maximum atomic E-state index is 9.28. The van der Waals surface area contributed by atoms with Crippen LogP contribution < -0.4 is 5.32 Å². The van der Waals surface area contributed by atoms with Crippen LogP contribution in [-0.2, 0) is 0 Å². The minimum Gasteiger partial charge on any atom is -0.393 e. The fourth-order valence-electron chi connectivity index (χ4n) is 2.44. The highest BCUT2D eigenvalue weighted by Crippen LogP contribution is 2.17. The minimum atomic E-state index is -0.161. The van der Waals surface area contributed by atoms with E-state index in [4.69, 9.17) is 0 Å². The molecule has 3 unspecified atom stereocenters. The molecular weight excluding hydrogens is 200 g/mol. The molecule has 0 saturated carbocycles. The Kier molecular flexibility index (Phi) is 6.32. The van der Waals surface area contributed by atoms with Crippen LogP contribution in [0.5, 0.6) is 0 Å². The third kappa shape index (κ3) is 4.81. The van der Waals surface area contributed by atoms with Crippen molar-refractivity contribution in [2.45, 2.75) is 52.2 Å². The van der Waals surface area contributed by atoms with Gasteiger partial charge in [0.15, 0.2) is 0 Å². The van der Waals surface area contributed by atoms with E-state index in [2.05, 4.69) is 24.1 Å². The molecule has 0 aliphatic carbocycles. The van der Waals surface area contributed by atoms with Crippen LogP contribution in [0.1, 0.15) is 40.0 Å². The molecule has 0 aromatic rings. The number of nitrogens with zero attached hydrogens (tertiary/aromatic N) is 1. The van der Waals surface area contributed by atoms with Gasteiger partial charge in [-0.05, 0) is 45.2 Å². The number of nitrogens with one attached hydrogen (secondary N) is 1. The molecule has 1 rings (SSSR count). The summed E-state index contributed by atoms with van der Waals surface area (Å²) in [5.41, 5.74) is 0. The lowest BCUT2D eigenvalue weighted by atomic mass is 9.93. The molecule has 2 N–H and O–H groups in total. The molecule has 1 aliphatic heterocycles. The van der Waals surface area contributed by atoms with Crippen molar-refractivity contribution in [1.82, 2.24) is 10.2 Å². The Morgan fingerprint density at radius 1 is 1.50 bits per heavy atom. The molecule has 0 amide bonds. The average Bonchev–Trinajstić information content (AvgIpc) is 2.25. The van der Waals surface area contributed by atoms with Gasteiger partial charge in [0.05, 0.1) is 6.10 Å². The van der Waals surface area contributed by atoms with Crippen molar-refractivity contribution in [1.29, 1.82) is 0 Å². The molecule has 0 aromatic carbocycles. The lowest BCUT2D eigenvalue weighted by Gasteiger charge is -2.37. The van der Waals surface area contributed by atoms with Crippen molar-refractivity contribution < 1.29 is 5.11 Å². The number of likely N-dealkylation sites (tertiary alicyclic amines) is 1. The first-order valence-electron chi connectivity index (χ1n) is 6.77. The Labute approximate surface area is 100 Å². The molecule has 1 aliphatic rings. The Balaban J connectivity index is 2.22. The van der Waals surface area contributed by atoms with Crippen LogP contribution in [0.15, 0.2) is 0 Å². The van der Waals surface area contributed by atoms with Gasteiger partial charge in [0, 0.05) is 19.1 Å². The zero-order valence-electron chi connectivity index (χ0n) is 11.1. The van der Waals surface area contributed by atoms with Gasteiger partial charge in [0.1, 0.15) is 0 Å². The van der Waals surface area contributed by atoms with Gasteiger partial charge in [-0.1, -0.05) is 13.8 Å². The molecule has 0 aromatic heterocycles. The van der Waals surface area contributed by atoms with E-state index in [1.165, 1.54) is 25.9 Å².